The van der Waals surface area contributed by atoms with Crippen LogP contribution >= 0.6 is 11.6 Å². The molecule has 0 aliphatic rings. The molecule has 3 aromatic carbocycles. The van der Waals surface area contributed by atoms with Crippen LogP contribution in [0.25, 0.3) is 22.2 Å². The van der Waals surface area contributed by atoms with Crippen LogP contribution in [0, 0.1) is 10.1 Å². The van der Waals surface area contributed by atoms with Crippen molar-refractivity contribution in [1.82, 2.24) is 4.98 Å². The monoisotopic (exact) mass is 433 g/mol. The van der Waals surface area contributed by atoms with E-state index in [2.05, 4.69) is 10.3 Å². The summed E-state index contributed by atoms with van der Waals surface area (Å²) in [6.45, 7) is 0. The van der Waals surface area contributed by atoms with Crippen LogP contribution in [0.2, 0.25) is 5.02 Å². The van der Waals surface area contributed by atoms with Crippen LogP contribution in [0.4, 0.5) is 11.4 Å². The van der Waals surface area contributed by atoms with Gasteiger partial charge >= 0.3 is 0 Å². The molecule has 8 heteroatoms. The molecule has 0 bridgehead atoms. The fourth-order valence-electron chi connectivity index (χ4n) is 3.26. The first-order valence-corrected chi connectivity index (χ1v) is 9.64. The van der Waals surface area contributed by atoms with Crippen molar-refractivity contribution in [2.75, 3.05) is 12.4 Å². The second-order valence-electron chi connectivity index (χ2n) is 6.65. The summed E-state index contributed by atoms with van der Waals surface area (Å²) < 4.78 is 5.05. The number of amides is 1. The van der Waals surface area contributed by atoms with Gasteiger partial charge in [-0.2, -0.15) is 0 Å². The van der Waals surface area contributed by atoms with Crippen molar-refractivity contribution in [3.63, 3.8) is 0 Å². The van der Waals surface area contributed by atoms with Crippen molar-refractivity contribution in [3.05, 3.63) is 93.5 Å². The molecule has 0 aliphatic heterocycles. The van der Waals surface area contributed by atoms with Gasteiger partial charge in [0.1, 0.15) is 11.4 Å². The highest BCUT2D eigenvalue weighted by Crippen LogP contribution is 2.32. The zero-order valence-electron chi connectivity index (χ0n) is 16.3. The van der Waals surface area contributed by atoms with Crippen LogP contribution in [0.3, 0.4) is 0 Å². The third-order valence-corrected chi connectivity index (χ3v) is 5.09. The molecule has 4 rings (SSSR count). The third-order valence-electron chi connectivity index (χ3n) is 4.76. The smallest absolute Gasteiger partial charge is 0.296 e. The molecule has 0 aliphatic carbocycles. The van der Waals surface area contributed by atoms with Crippen LogP contribution in [0.1, 0.15) is 10.4 Å². The molecular formula is C23H16ClN3O4. The molecule has 0 fully saturated rings. The standard InChI is InChI=1S/C23H16ClN3O4/c1-31-14-10-11-20(22(12-14)27(29)30)26-23(28)17-13-21(16-7-2-4-8-18(16)24)25-19-9-5-3-6-15(17)19/h2-13H,1H3,(H,26,28). The minimum Gasteiger partial charge on any atom is -0.496 e. The summed E-state index contributed by atoms with van der Waals surface area (Å²) in [6.07, 6.45) is 0. The Morgan fingerprint density at radius 2 is 1.81 bits per heavy atom. The van der Waals surface area contributed by atoms with Crippen LogP contribution < -0.4 is 10.1 Å². The first-order chi connectivity index (χ1) is 15.0. The zero-order chi connectivity index (χ0) is 22.0. The first-order valence-electron chi connectivity index (χ1n) is 9.26. The maximum atomic E-state index is 13.2. The Hall–Kier alpha value is -3.97. The van der Waals surface area contributed by atoms with Gasteiger partial charge in [0.15, 0.2) is 0 Å². The average Bonchev–Trinajstić information content (AvgIpc) is 2.78. The Labute approximate surface area is 182 Å². The molecule has 4 aromatic rings. The van der Waals surface area contributed by atoms with Crippen LogP contribution in [-0.4, -0.2) is 22.9 Å². The average molecular weight is 434 g/mol. The number of fused-ring (bicyclic) bond motifs is 1. The van der Waals surface area contributed by atoms with Crippen LogP contribution in [-0.2, 0) is 0 Å². The molecule has 1 amide bonds. The molecule has 0 saturated carbocycles. The number of para-hydroxylation sites is 1. The molecule has 0 atom stereocenters. The number of aromatic nitrogens is 1. The number of nitrogens with one attached hydrogen (secondary N) is 1. The van der Waals surface area contributed by atoms with Gasteiger partial charge in [-0.1, -0.05) is 48.0 Å². The first kappa shape index (κ1) is 20.3. The molecule has 0 unspecified atom stereocenters. The quantitative estimate of drug-likeness (QED) is 0.320. The normalized spacial score (nSPS) is 10.6. The second kappa shape index (κ2) is 8.41. The number of benzene rings is 3. The molecule has 154 valence electrons. The van der Waals surface area contributed by atoms with Gasteiger partial charge in [-0.3, -0.25) is 14.9 Å². The number of carbonyl (C=O) groups is 1. The number of halogens is 1. The van der Waals surface area contributed by atoms with E-state index in [1.807, 2.05) is 24.3 Å². The topological polar surface area (TPSA) is 94.4 Å². The number of hydrogen-bond acceptors (Lipinski definition) is 5. The number of pyridine rings is 1. The lowest BCUT2D eigenvalue weighted by Gasteiger charge is -2.12. The minimum absolute atomic E-state index is 0.0657. The highest BCUT2D eigenvalue weighted by Gasteiger charge is 2.20. The Morgan fingerprint density at radius 3 is 2.55 bits per heavy atom. The number of nitrogens with zero attached hydrogens (tertiary/aromatic N) is 2. The highest BCUT2D eigenvalue weighted by molar-refractivity contribution is 6.33. The van der Waals surface area contributed by atoms with Crippen molar-refractivity contribution >= 4 is 39.8 Å². The number of nitro groups is 1. The van der Waals surface area contributed by atoms with Crippen molar-refractivity contribution in [2.45, 2.75) is 0 Å². The van der Waals surface area contributed by atoms with Crippen molar-refractivity contribution in [1.29, 1.82) is 0 Å². The number of rotatable bonds is 5. The van der Waals surface area contributed by atoms with Gasteiger partial charge in [0.05, 0.1) is 34.9 Å². The zero-order valence-corrected chi connectivity index (χ0v) is 17.1. The largest absolute Gasteiger partial charge is 0.496 e. The van der Waals surface area contributed by atoms with Crippen LogP contribution in [0.5, 0.6) is 5.75 Å². The molecule has 1 aromatic heterocycles. The fourth-order valence-corrected chi connectivity index (χ4v) is 3.49. The maximum Gasteiger partial charge on any atom is 0.296 e. The number of anilines is 1. The Morgan fingerprint density at radius 1 is 1.06 bits per heavy atom. The van der Waals surface area contributed by atoms with Crippen molar-refractivity contribution in [2.24, 2.45) is 0 Å². The summed E-state index contributed by atoms with van der Waals surface area (Å²) in [5.74, 6) is -0.180. The van der Waals surface area contributed by atoms with Gasteiger partial charge < -0.3 is 10.1 Å². The van der Waals surface area contributed by atoms with Crippen LogP contribution in [0.15, 0.2) is 72.8 Å². The number of nitro benzene ring substituents is 1. The molecule has 31 heavy (non-hydrogen) atoms. The van der Waals surface area contributed by atoms with Crippen molar-refractivity contribution < 1.29 is 14.5 Å². The van der Waals surface area contributed by atoms with E-state index in [4.69, 9.17) is 16.3 Å². The lowest BCUT2D eigenvalue weighted by molar-refractivity contribution is -0.384. The van der Waals surface area contributed by atoms with Crippen molar-refractivity contribution in [3.8, 4) is 17.0 Å². The number of hydrogen-bond donors (Lipinski definition) is 1. The number of methoxy groups -OCH3 is 1. The minimum atomic E-state index is -0.571. The summed E-state index contributed by atoms with van der Waals surface area (Å²) in [5, 5.41) is 15.2. The Kier molecular flexibility index (Phi) is 5.51. The molecule has 1 N–H and O–H groups in total. The maximum absolute atomic E-state index is 13.2. The molecule has 7 nitrogen and oxygen atoms in total. The molecule has 1 heterocycles. The van der Waals surface area contributed by atoms with E-state index in [9.17, 15) is 14.9 Å². The lowest BCUT2D eigenvalue weighted by Crippen LogP contribution is -2.14. The van der Waals surface area contributed by atoms with Gasteiger partial charge in [-0.25, -0.2) is 4.98 Å². The van der Waals surface area contributed by atoms with E-state index < -0.39 is 10.8 Å². The van der Waals surface area contributed by atoms with Gasteiger partial charge in [0.25, 0.3) is 11.6 Å². The second-order valence-corrected chi connectivity index (χ2v) is 7.05. The van der Waals surface area contributed by atoms with Gasteiger partial charge in [0.2, 0.25) is 0 Å². The molecule has 0 saturated heterocycles. The van der Waals surface area contributed by atoms with E-state index in [1.54, 1.807) is 36.4 Å². The Bertz CT molecular complexity index is 1320. The Balaban J connectivity index is 1.82. The summed E-state index contributed by atoms with van der Waals surface area (Å²) in [6, 6.07) is 20.3. The summed E-state index contributed by atoms with van der Waals surface area (Å²) >= 11 is 6.33. The number of ether oxygens (including phenoxy) is 1. The van der Waals surface area contributed by atoms with Gasteiger partial charge in [0, 0.05) is 16.0 Å². The van der Waals surface area contributed by atoms with Gasteiger partial charge in [-0.05, 0) is 30.3 Å². The molecule has 0 spiro atoms. The molecule has 0 radical (unpaired) electrons. The summed E-state index contributed by atoms with van der Waals surface area (Å²) in [5.41, 5.74) is 1.94. The van der Waals surface area contributed by atoms with Gasteiger partial charge in [-0.15, -0.1) is 0 Å². The van der Waals surface area contributed by atoms with E-state index in [1.165, 1.54) is 19.2 Å². The molecular weight excluding hydrogens is 418 g/mol. The predicted octanol–water partition coefficient (Wildman–Crippen LogP) is 5.72. The van der Waals surface area contributed by atoms with E-state index in [0.29, 0.717) is 38.5 Å². The third kappa shape index (κ3) is 4.04. The van der Waals surface area contributed by atoms with E-state index in [0.717, 1.165) is 0 Å². The van der Waals surface area contributed by atoms with E-state index in [-0.39, 0.29) is 11.4 Å². The summed E-state index contributed by atoms with van der Waals surface area (Å²) in [7, 11) is 1.41. The highest BCUT2D eigenvalue weighted by atomic mass is 35.5. The predicted molar refractivity (Wildman–Crippen MR) is 120 cm³/mol. The number of carbonyl (C=O) groups excluding carboxylic acids is 1. The van der Waals surface area contributed by atoms with E-state index >= 15 is 0 Å². The fraction of sp³-hybridized carbons (Fsp3) is 0.0435. The SMILES string of the molecule is COc1ccc(NC(=O)c2cc(-c3ccccc3Cl)nc3ccccc23)c([N+](=O)[O-])c1. The lowest BCUT2D eigenvalue weighted by atomic mass is 10.0. The summed E-state index contributed by atoms with van der Waals surface area (Å²) in [4.78, 5) is 28.7.